The first-order valence-corrected chi connectivity index (χ1v) is 5.26. The molecule has 1 aromatic rings. The Bertz CT molecular complexity index is 402. The zero-order valence-corrected chi connectivity index (χ0v) is 11.1. The van der Waals surface area contributed by atoms with Crippen molar-refractivity contribution in [1.29, 1.82) is 0 Å². The second-order valence-corrected chi connectivity index (χ2v) is 3.64. The van der Waals surface area contributed by atoms with E-state index in [-0.39, 0.29) is 18.2 Å². The summed E-state index contributed by atoms with van der Waals surface area (Å²) in [5.41, 5.74) is 11.6. The van der Waals surface area contributed by atoms with Gasteiger partial charge in [-0.15, -0.1) is 25.6 Å². The van der Waals surface area contributed by atoms with Crippen LogP contribution in [0.25, 0.3) is 0 Å². The van der Waals surface area contributed by atoms with Crippen LogP contribution in [-0.2, 0) is 0 Å². The highest BCUT2D eigenvalue weighted by Gasteiger charge is 2.31. The van der Waals surface area contributed by atoms with Crippen molar-refractivity contribution < 1.29 is 22.6 Å². The second kappa shape index (κ2) is 7.42. The van der Waals surface area contributed by atoms with E-state index >= 15 is 0 Å². The Morgan fingerprint density at radius 2 is 1.95 bits per heavy atom. The van der Waals surface area contributed by atoms with E-state index in [1.165, 1.54) is 25.3 Å². The summed E-state index contributed by atoms with van der Waals surface area (Å²) in [6.45, 7) is 0.328. The van der Waals surface area contributed by atoms with Crippen molar-refractivity contribution in [1.82, 2.24) is 0 Å². The molecule has 0 radical (unpaired) electrons. The number of rotatable bonds is 5. The molecule has 0 aliphatic heterocycles. The number of halogens is 4. The first-order valence-electron chi connectivity index (χ1n) is 5.26. The van der Waals surface area contributed by atoms with Gasteiger partial charge < -0.3 is 20.9 Å². The quantitative estimate of drug-likeness (QED) is 0.876. The summed E-state index contributed by atoms with van der Waals surface area (Å²) in [5.74, 6) is 0.0799. The van der Waals surface area contributed by atoms with Crippen LogP contribution in [0, 0.1) is 0 Å². The molecule has 0 fully saturated rings. The van der Waals surface area contributed by atoms with E-state index in [0.29, 0.717) is 24.3 Å². The van der Waals surface area contributed by atoms with Crippen molar-refractivity contribution >= 4 is 12.4 Å². The number of benzene rings is 1. The van der Waals surface area contributed by atoms with Gasteiger partial charge in [0.2, 0.25) is 0 Å². The first kappa shape index (κ1) is 17.8. The molecular weight excluding hydrogens is 285 g/mol. The highest BCUT2D eigenvalue weighted by molar-refractivity contribution is 5.85. The molecule has 1 aromatic carbocycles. The van der Waals surface area contributed by atoms with E-state index in [4.69, 9.17) is 16.2 Å². The van der Waals surface area contributed by atoms with Gasteiger partial charge in [-0.2, -0.15) is 0 Å². The van der Waals surface area contributed by atoms with E-state index in [2.05, 4.69) is 4.74 Å². The van der Waals surface area contributed by atoms with Gasteiger partial charge in [0, 0.05) is 11.6 Å². The predicted molar refractivity (Wildman–Crippen MR) is 67.5 cm³/mol. The van der Waals surface area contributed by atoms with E-state index in [0.717, 1.165) is 0 Å². The maximum Gasteiger partial charge on any atom is 0.573 e. The fourth-order valence-corrected chi connectivity index (χ4v) is 1.53. The zero-order valence-electron chi connectivity index (χ0n) is 10.2. The molecule has 0 bridgehead atoms. The Morgan fingerprint density at radius 1 is 1.32 bits per heavy atom. The molecule has 0 aliphatic rings. The second-order valence-electron chi connectivity index (χ2n) is 3.64. The van der Waals surface area contributed by atoms with Gasteiger partial charge in [0.15, 0.2) is 0 Å². The maximum absolute atomic E-state index is 12.1. The van der Waals surface area contributed by atoms with Crippen molar-refractivity contribution in [2.75, 3.05) is 13.7 Å². The molecule has 4 nitrogen and oxygen atoms in total. The van der Waals surface area contributed by atoms with Crippen molar-refractivity contribution in [3.63, 3.8) is 0 Å². The average molecular weight is 301 g/mol. The molecule has 0 aliphatic carbocycles. The van der Waals surface area contributed by atoms with Crippen molar-refractivity contribution in [3.05, 3.63) is 23.8 Å². The predicted octanol–water partition coefficient (Wildman–Crippen LogP) is 2.36. The number of hydrogen-bond donors (Lipinski definition) is 2. The first-order chi connectivity index (χ1) is 8.37. The van der Waals surface area contributed by atoms with Crippen LogP contribution in [0.1, 0.15) is 18.0 Å². The van der Waals surface area contributed by atoms with Gasteiger partial charge in [-0.05, 0) is 31.2 Å². The Balaban J connectivity index is 0.00000324. The Morgan fingerprint density at radius 3 is 2.42 bits per heavy atom. The van der Waals surface area contributed by atoms with Crippen molar-refractivity contribution in [3.8, 4) is 11.5 Å². The summed E-state index contributed by atoms with van der Waals surface area (Å²) in [5, 5.41) is 0. The lowest BCUT2D eigenvalue weighted by Gasteiger charge is -2.17. The van der Waals surface area contributed by atoms with Gasteiger partial charge in [0.25, 0.3) is 0 Å². The van der Waals surface area contributed by atoms with Crippen LogP contribution in [0.15, 0.2) is 18.2 Å². The molecule has 1 atom stereocenters. The Hall–Kier alpha value is -1.18. The lowest BCUT2D eigenvalue weighted by atomic mass is 10.0. The van der Waals surface area contributed by atoms with Gasteiger partial charge in [0.05, 0.1) is 7.11 Å². The highest BCUT2D eigenvalue weighted by Crippen LogP contribution is 2.32. The third-order valence-corrected chi connectivity index (χ3v) is 2.31. The third-order valence-electron chi connectivity index (χ3n) is 2.31. The summed E-state index contributed by atoms with van der Waals surface area (Å²) in [6, 6.07) is 3.27. The van der Waals surface area contributed by atoms with E-state index in [1.54, 1.807) is 0 Å². The van der Waals surface area contributed by atoms with E-state index in [1.807, 2.05) is 0 Å². The molecule has 8 heteroatoms. The monoisotopic (exact) mass is 300 g/mol. The molecule has 0 aromatic heterocycles. The minimum absolute atomic E-state index is 0. The molecule has 19 heavy (non-hydrogen) atoms. The SMILES string of the molecule is COc1ccc(OC(F)(F)F)cc1[C@@H](N)CCN.Cl. The van der Waals surface area contributed by atoms with E-state index in [9.17, 15) is 13.2 Å². The maximum atomic E-state index is 12.1. The van der Waals surface area contributed by atoms with Gasteiger partial charge >= 0.3 is 6.36 Å². The molecule has 0 spiro atoms. The van der Waals surface area contributed by atoms with Gasteiger partial charge in [-0.1, -0.05) is 0 Å². The number of alkyl halides is 3. The van der Waals surface area contributed by atoms with Crippen LogP contribution in [0.5, 0.6) is 11.5 Å². The number of hydrogen-bond acceptors (Lipinski definition) is 4. The highest BCUT2D eigenvalue weighted by atomic mass is 35.5. The molecule has 0 saturated heterocycles. The fraction of sp³-hybridized carbons (Fsp3) is 0.455. The van der Waals surface area contributed by atoms with Crippen LogP contribution in [0.2, 0.25) is 0 Å². The Labute approximate surface area is 115 Å². The van der Waals surface area contributed by atoms with Gasteiger partial charge in [-0.3, -0.25) is 0 Å². The third kappa shape index (κ3) is 5.54. The number of nitrogens with two attached hydrogens (primary N) is 2. The van der Waals surface area contributed by atoms with Crippen molar-refractivity contribution in [2.45, 2.75) is 18.8 Å². The standard InChI is InChI=1S/C11H15F3N2O2.ClH/c1-17-10-3-2-7(18-11(12,13)14)6-8(10)9(16)4-5-15;/h2-3,6,9H,4-5,15-16H2,1H3;1H/t9-;/m0./s1. The average Bonchev–Trinajstić information content (AvgIpc) is 2.27. The van der Waals surface area contributed by atoms with Gasteiger partial charge in [-0.25, -0.2) is 0 Å². The minimum Gasteiger partial charge on any atom is -0.496 e. The van der Waals surface area contributed by atoms with E-state index < -0.39 is 12.4 Å². The summed E-state index contributed by atoms with van der Waals surface area (Å²) in [6.07, 6.45) is -4.30. The van der Waals surface area contributed by atoms with Crippen LogP contribution in [0.3, 0.4) is 0 Å². The van der Waals surface area contributed by atoms with Crippen LogP contribution < -0.4 is 20.9 Å². The molecule has 4 N–H and O–H groups in total. The van der Waals surface area contributed by atoms with Crippen molar-refractivity contribution in [2.24, 2.45) is 11.5 Å². The topological polar surface area (TPSA) is 70.5 Å². The lowest BCUT2D eigenvalue weighted by molar-refractivity contribution is -0.274. The van der Waals surface area contributed by atoms with Crippen LogP contribution in [-0.4, -0.2) is 20.0 Å². The molecule has 0 saturated carbocycles. The molecular formula is C11H16ClF3N2O2. The van der Waals surface area contributed by atoms with Crippen LogP contribution >= 0.6 is 12.4 Å². The minimum atomic E-state index is -4.73. The molecule has 110 valence electrons. The number of ether oxygens (including phenoxy) is 2. The smallest absolute Gasteiger partial charge is 0.496 e. The van der Waals surface area contributed by atoms with Gasteiger partial charge in [0.1, 0.15) is 11.5 Å². The molecule has 0 unspecified atom stereocenters. The molecule has 1 rings (SSSR count). The largest absolute Gasteiger partial charge is 0.573 e. The number of methoxy groups -OCH3 is 1. The molecule has 0 amide bonds. The molecule has 0 heterocycles. The summed E-state index contributed by atoms with van der Waals surface area (Å²) < 4.78 is 45.2. The lowest BCUT2D eigenvalue weighted by Crippen LogP contribution is -2.19. The summed E-state index contributed by atoms with van der Waals surface area (Å²) in [7, 11) is 1.41. The van der Waals surface area contributed by atoms with Crippen LogP contribution in [0.4, 0.5) is 13.2 Å². The zero-order chi connectivity index (χ0) is 13.8. The normalized spacial score (nSPS) is 12.5. The summed E-state index contributed by atoms with van der Waals surface area (Å²) in [4.78, 5) is 0. The summed E-state index contributed by atoms with van der Waals surface area (Å²) >= 11 is 0. The Kier molecular flexibility index (Phi) is 6.96. The fourth-order valence-electron chi connectivity index (χ4n) is 1.53.